The van der Waals surface area contributed by atoms with Crippen LogP contribution in [-0.4, -0.2) is 25.5 Å². The van der Waals surface area contributed by atoms with E-state index in [1.165, 1.54) is 24.3 Å². The molecule has 0 saturated heterocycles. The standard InChI is InChI=1S/C23H23FN4O2/c1-28(16-17-7-3-2-4-8-17)21-10-6-5-9-20(21)27-23(30)25-15-22(29)26-19-13-11-18(24)12-14-19/h2-14H,15-16H2,1H3,(H,26,29)(H2,25,27,30). The molecule has 0 bridgehead atoms. The van der Waals surface area contributed by atoms with Crippen molar-refractivity contribution in [2.24, 2.45) is 0 Å². The quantitative estimate of drug-likeness (QED) is 0.550. The van der Waals surface area contributed by atoms with Crippen molar-refractivity contribution in [1.29, 1.82) is 0 Å². The van der Waals surface area contributed by atoms with Gasteiger partial charge < -0.3 is 20.9 Å². The molecule has 0 radical (unpaired) electrons. The van der Waals surface area contributed by atoms with E-state index < -0.39 is 11.9 Å². The molecule has 0 atom stereocenters. The van der Waals surface area contributed by atoms with E-state index in [4.69, 9.17) is 0 Å². The van der Waals surface area contributed by atoms with Gasteiger partial charge in [0.2, 0.25) is 5.91 Å². The minimum absolute atomic E-state index is 0.217. The van der Waals surface area contributed by atoms with Crippen molar-refractivity contribution in [3.8, 4) is 0 Å². The van der Waals surface area contributed by atoms with E-state index in [-0.39, 0.29) is 12.4 Å². The van der Waals surface area contributed by atoms with Crippen LogP contribution >= 0.6 is 0 Å². The molecular formula is C23H23FN4O2. The first-order valence-electron chi connectivity index (χ1n) is 9.45. The number of carbonyl (C=O) groups is 2. The van der Waals surface area contributed by atoms with Gasteiger partial charge in [-0.3, -0.25) is 4.79 Å². The summed E-state index contributed by atoms with van der Waals surface area (Å²) in [5.41, 5.74) is 3.09. The lowest BCUT2D eigenvalue weighted by atomic mass is 10.2. The SMILES string of the molecule is CN(Cc1ccccc1)c1ccccc1NC(=O)NCC(=O)Nc1ccc(F)cc1. The highest BCUT2D eigenvalue weighted by Crippen LogP contribution is 2.25. The van der Waals surface area contributed by atoms with Crippen molar-refractivity contribution in [2.75, 3.05) is 29.1 Å². The van der Waals surface area contributed by atoms with E-state index in [1.807, 2.05) is 60.5 Å². The highest BCUT2D eigenvalue weighted by Gasteiger charge is 2.11. The Hall–Kier alpha value is -3.87. The largest absolute Gasteiger partial charge is 0.369 e. The molecule has 3 N–H and O–H groups in total. The first-order chi connectivity index (χ1) is 14.5. The fourth-order valence-electron chi connectivity index (χ4n) is 2.92. The monoisotopic (exact) mass is 406 g/mol. The predicted molar refractivity (Wildman–Crippen MR) is 117 cm³/mol. The number of hydrogen-bond acceptors (Lipinski definition) is 3. The summed E-state index contributed by atoms with van der Waals surface area (Å²) in [6.07, 6.45) is 0. The second-order valence-electron chi connectivity index (χ2n) is 6.72. The van der Waals surface area contributed by atoms with Gasteiger partial charge in [0.15, 0.2) is 0 Å². The van der Waals surface area contributed by atoms with Crippen LogP contribution in [0.15, 0.2) is 78.9 Å². The van der Waals surface area contributed by atoms with Gasteiger partial charge in [-0.15, -0.1) is 0 Å². The summed E-state index contributed by atoms with van der Waals surface area (Å²) in [4.78, 5) is 26.3. The van der Waals surface area contributed by atoms with Crippen LogP contribution in [0.2, 0.25) is 0 Å². The Bertz CT molecular complexity index is 994. The summed E-state index contributed by atoms with van der Waals surface area (Å²) in [6, 6.07) is 22.4. The maximum absolute atomic E-state index is 12.9. The van der Waals surface area contributed by atoms with Gasteiger partial charge in [-0.25, -0.2) is 9.18 Å². The van der Waals surface area contributed by atoms with E-state index in [9.17, 15) is 14.0 Å². The van der Waals surface area contributed by atoms with E-state index >= 15 is 0 Å². The number of anilines is 3. The Balaban J connectivity index is 1.55. The zero-order valence-corrected chi connectivity index (χ0v) is 16.6. The van der Waals surface area contributed by atoms with Crippen molar-refractivity contribution >= 4 is 29.0 Å². The van der Waals surface area contributed by atoms with Crippen molar-refractivity contribution < 1.29 is 14.0 Å². The van der Waals surface area contributed by atoms with Gasteiger partial charge in [-0.05, 0) is 42.0 Å². The summed E-state index contributed by atoms with van der Waals surface area (Å²) >= 11 is 0. The second kappa shape index (κ2) is 10.1. The molecule has 0 heterocycles. The van der Waals surface area contributed by atoms with Gasteiger partial charge in [0.1, 0.15) is 5.82 Å². The highest BCUT2D eigenvalue weighted by molar-refractivity contribution is 5.98. The molecule has 30 heavy (non-hydrogen) atoms. The number of hydrogen-bond donors (Lipinski definition) is 3. The second-order valence-corrected chi connectivity index (χ2v) is 6.72. The number of benzene rings is 3. The fourth-order valence-corrected chi connectivity index (χ4v) is 2.92. The van der Waals surface area contributed by atoms with E-state index in [2.05, 4.69) is 16.0 Å². The van der Waals surface area contributed by atoms with Crippen LogP contribution in [0.5, 0.6) is 0 Å². The number of nitrogens with one attached hydrogen (secondary N) is 3. The van der Waals surface area contributed by atoms with Crippen molar-refractivity contribution in [3.63, 3.8) is 0 Å². The van der Waals surface area contributed by atoms with Crippen LogP contribution in [0.25, 0.3) is 0 Å². The molecule has 3 rings (SSSR count). The Labute approximate surface area is 174 Å². The zero-order valence-electron chi connectivity index (χ0n) is 16.6. The van der Waals surface area contributed by atoms with Crippen LogP contribution in [-0.2, 0) is 11.3 Å². The van der Waals surface area contributed by atoms with Gasteiger partial charge in [0, 0.05) is 19.3 Å². The number of nitrogens with zero attached hydrogens (tertiary/aromatic N) is 1. The lowest BCUT2D eigenvalue weighted by molar-refractivity contribution is -0.115. The predicted octanol–water partition coefficient (Wildman–Crippen LogP) is 4.22. The molecule has 0 aliphatic carbocycles. The highest BCUT2D eigenvalue weighted by atomic mass is 19.1. The average Bonchev–Trinajstić information content (AvgIpc) is 2.75. The summed E-state index contributed by atoms with van der Waals surface area (Å²) in [5, 5.41) is 7.90. The van der Waals surface area contributed by atoms with Crippen LogP contribution < -0.4 is 20.9 Å². The van der Waals surface area contributed by atoms with Crippen LogP contribution in [0.1, 0.15) is 5.56 Å². The van der Waals surface area contributed by atoms with Crippen molar-refractivity contribution in [1.82, 2.24) is 5.32 Å². The van der Waals surface area contributed by atoms with Crippen LogP contribution in [0.4, 0.5) is 26.2 Å². The normalized spacial score (nSPS) is 10.2. The third-order valence-corrected chi connectivity index (χ3v) is 4.36. The molecule has 0 aromatic heterocycles. The number of amides is 3. The number of urea groups is 1. The van der Waals surface area contributed by atoms with Gasteiger partial charge >= 0.3 is 6.03 Å². The molecule has 154 valence electrons. The number of rotatable bonds is 7. The fraction of sp³-hybridized carbons (Fsp3) is 0.130. The van der Waals surface area contributed by atoms with Gasteiger partial charge in [-0.2, -0.15) is 0 Å². The molecule has 3 aromatic carbocycles. The van der Waals surface area contributed by atoms with Gasteiger partial charge in [-0.1, -0.05) is 42.5 Å². The Morgan fingerprint density at radius 2 is 1.53 bits per heavy atom. The summed E-state index contributed by atoms with van der Waals surface area (Å²) < 4.78 is 12.9. The van der Waals surface area contributed by atoms with Crippen LogP contribution in [0.3, 0.4) is 0 Å². The van der Waals surface area contributed by atoms with Gasteiger partial charge in [0.05, 0.1) is 17.9 Å². The topological polar surface area (TPSA) is 73.5 Å². The number of carbonyl (C=O) groups excluding carboxylic acids is 2. The van der Waals surface area contributed by atoms with E-state index in [1.54, 1.807) is 6.07 Å². The summed E-state index contributed by atoms with van der Waals surface area (Å²) in [5.74, 6) is -0.798. The molecule has 0 fully saturated rings. The third-order valence-electron chi connectivity index (χ3n) is 4.36. The van der Waals surface area contributed by atoms with Crippen LogP contribution in [0, 0.1) is 5.82 Å². The molecule has 0 aliphatic heterocycles. The molecule has 3 amide bonds. The minimum Gasteiger partial charge on any atom is -0.369 e. The Morgan fingerprint density at radius 3 is 2.27 bits per heavy atom. The maximum Gasteiger partial charge on any atom is 0.319 e. The smallest absolute Gasteiger partial charge is 0.319 e. The molecule has 3 aromatic rings. The van der Waals surface area contributed by atoms with Gasteiger partial charge in [0.25, 0.3) is 0 Å². The first-order valence-corrected chi connectivity index (χ1v) is 9.45. The molecule has 0 unspecified atom stereocenters. The lowest BCUT2D eigenvalue weighted by Gasteiger charge is -2.23. The molecule has 6 nitrogen and oxygen atoms in total. The Morgan fingerprint density at radius 1 is 0.867 bits per heavy atom. The zero-order chi connectivity index (χ0) is 21.3. The summed E-state index contributed by atoms with van der Waals surface area (Å²) in [6.45, 7) is 0.465. The number of para-hydroxylation sites is 2. The third kappa shape index (κ3) is 6.07. The molecule has 0 spiro atoms. The first kappa shape index (κ1) is 20.9. The number of halogens is 1. The molecule has 0 aliphatic rings. The van der Waals surface area contributed by atoms with Crippen molar-refractivity contribution in [2.45, 2.75) is 6.54 Å². The minimum atomic E-state index is -0.496. The summed E-state index contributed by atoms with van der Waals surface area (Å²) in [7, 11) is 1.95. The average molecular weight is 406 g/mol. The molecular weight excluding hydrogens is 383 g/mol. The van der Waals surface area contributed by atoms with E-state index in [0.29, 0.717) is 17.9 Å². The Kier molecular flexibility index (Phi) is 7.00. The molecule has 7 heteroatoms. The lowest BCUT2D eigenvalue weighted by Crippen LogP contribution is -2.36. The molecule has 0 saturated carbocycles. The van der Waals surface area contributed by atoms with Crippen molar-refractivity contribution in [3.05, 3.63) is 90.2 Å². The van der Waals surface area contributed by atoms with E-state index in [0.717, 1.165) is 11.3 Å². The maximum atomic E-state index is 12.9.